The maximum atomic E-state index is 6.04. The van der Waals surface area contributed by atoms with Gasteiger partial charge in [0.15, 0.2) is 0 Å². The van der Waals surface area contributed by atoms with Crippen molar-refractivity contribution >= 4 is 11.3 Å². The van der Waals surface area contributed by atoms with Crippen LogP contribution in [-0.2, 0) is 6.54 Å². The van der Waals surface area contributed by atoms with Gasteiger partial charge in [-0.25, -0.2) is 0 Å². The van der Waals surface area contributed by atoms with Crippen molar-refractivity contribution in [2.24, 2.45) is 5.73 Å². The van der Waals surface area contributed by atoms with Gasteiger partial charge in [0.2, 0.25) is 0 Å². The number of nitrogens with zero attached hydrogens (tertiary/aromatic N) is 2. The molecule has 0 aliphatic rings. The molecule has 0 saturated carbocycles. The highest BCUT2D eigenvalue weighted by molar-refractivity contribution is 7.09. The standard InChI is InChI=1S/C16H23N3S/c1-12(2)19(11-15-5-4-8-20-15)16(9-17)14-7-6-13(3)18-10-14/h4-8,10,12,16H,9,11,17H2,1-3H3. The van der Waals surface area contributed by atoms with E-state index < -0.39 is 0 Å². The third kappa shape index (κ3) is 3.66. The highest BCUT2D eigenvalue weighted by atomic mass is 32.1. The Morgan fingerprint density at radius 3 is 2.60 bits per heavy atom. The molecule has 3 nitrogen and oxygen atoms in total. The minimum Gasteiger partial charge on any atom is -0.329 e. The molecule has 108 valence electrons. The third-order valence-electron chi connectivity index (χ3n) is 3.52. The first kappa shape index (κ1) is 15.2. The van der Waals surface area contributed by atoms with Crippen molar-refractivity contribution in [1.29, 1.82) is 0 Å². The Morgan fingerprint density at radius 1 is 1.30 bits per heavy atom. The van der Waals surface area contributed by atoms with Gasteiger partial charge in [0, 0.05) is 41.9 Å². The van der Waals surface area contributed by atoms with Crippen molar-refractivity contribution in [3.8, 4) is 0 Å². The second kappa shape index (κ2) is 6.97. The topological polar surface area (TPSA) is 42.1 Å². The van der Waals surface area contributed by atoms with E-state index in [1.807, 2.05) is 13.1 Å². The van der Waals surface area contributed by atoms with E-state index in [0.29, 0.717) is 12.6 Å². The smallest absolute Gasteiger partial charge is 0.0492 e. The molecule has 0 bridgehead atoms. The van der Waals surface area contributed by atoms with Crippen LogP contribution in [0, 0.1) is 6.92 Å². The van der Waals surface area contributed by atoms with Crippen molar-refractivity contribution in [1.82, 2.24) is 9.88 Å². The lowest BCUT2D eigenvalue weighted by Crippen LogP contribution is -2.38. The number of rotatable bonds is 6. The molecule has 2 aromatic heterocycles. The summed E-state index contributed by atoms with van der Waals surface area (Å²) >= 11 is 1.80. The Morgan fingerprint density at radius 2 is 2.10 bits per heavy atom. The molecule has 20 heavy (non-hydrogen) atoms. The Kier molecular flexibility index (Phi) is 5.29. The monoisotopic (exact) mass is 289 g/mol. The van der Waals surface area contributed by atoms with Crippen molar-refractivity contribution in [3.05, 3.63) is 52.0 Å². The van der Waals surface area contributed by atoms with Crippen LogP contribution in [-0.4, -0.2) is 22.5 Å². The fourth-order valence-electron chi connectivity index (χ4n) is 2.37. The fourth-order valence-corrected chi connectivity index (χ4v) is 3.09. The van der Waals surface area contributed by atoms with Crippen LogP contribution in [0.15, 0.2) is 35.8 Å². The summed E-state index contributed by atoms with van der Waals surface area (Å²) in [6, 6.07) is 9.13. The minimum absolute atomic E-state index is 0.213. The summed E-state index contributed by atoms with van der Waals surface area (Å²) in [5, 5.41) is 2.12. The number of hydrogen-bond acceptors (Lipinski definition) is 4. The summed E-state index contributed by atoms with van der Waals surface area (Å²) in [5.41, 5.74) is 8.28. The Bertz CT molecular complexity index is 505. The average Bonchev–Trinajstić information content (AvgIpc) is 2.93. The first-order valence-electron chi connectivity index (χ1n) is 7.02. The van der Waals surface area contributed by atoms with Crippen LogP contribution in [0.4, 0.5) is 0 Å². The zero-order valence-electron chi connectivity index (χ0n) is 12.4. The second-order valence-electron chi connectivity index (χ2n) is 5.33. The number of aryl methyl sites for hydroxylation is 1. The van der Waals surface area contributed by atoms with E-state index in [0.717, 1.165) is 12.2 Å². The molecule has 1 atom stereocenters. The fraction of sp³-hybridized carbons (Fsp3) is 0.438. The maximum absolute atomic E-state index is 6.04. The SMILES string of the molecule is Cc1ccc(C(CN)N(Cc2cccs2)C(C)C)cn1. The van der Waals surface area contributed by atoms with Gasteiger partial charge in [0.1, 0.15) is 0 Å². The minimum atomic E-state index is 0.213. The highest BCUT2D eigenvalue weighted by Gasteiger charge is 2.22. The molecule has 1 unspecified atom stereocenters. The number of thiophene rings is 1. The number of nitrogens with two attached hydrogens (primary N) is 1. The zero-order chi connectivity index (χ0) is 14.5. The van der Waals surface area contributed by atoms with E-state index >= 15 is 0 Å². The Labute approximate surface area is 125 Å². The van der Waals surface area contributed by atoms with Crippen LogP contribution in [0.5, 0.6) is 0 Å². The second-order valence-corrected chi connectivity index (χ2v) is 6.36. The van der Waals surface area contributed by atoms with E-state index in [1.165, 1.54) is 10.4 Å². The molecule has 0 amide bonds. The molecule has 2 heterocycles. The van der Waals surface area contributed by atoms with Crippen molar-refractivity contribution in [2.75, 3.05) is 6.54 Å². The molecule has 0 fully saturated rings. The van der Waals surface area contributed by atoms with Crippen LogP contribution in [0.1, 0.15) is 36.0 Å². The van der Waals surface area contributed by atoms with E-state index in [2.05, 4.69) is 53.4 Å². The summed E-state index contributed by atoms with van der Waals surface area (Å²) in [7, 11) is 0. The van der Waals surface area contributed by atoms with Gasteiger partial charge >= 0.3 is 0 Å². The van der Waals surface area contributed by atoms with Crippen molar-refractivity contribution in [2.45, 2.75) is 39.4 Å². The molecule has 0 aliphatic carbocycles. The van der Waals surface area contributed by atoms with Crippen molar-refractivity contribution in [3.63, 3.8) is 0 Å². The van der Waals surface area contributed by atoms with Crippen LogP contribution < -0.4 is 5.73 Å². The quantitative estimate of drug-likeness (QED) is 0.886. The lowest BCUT2D eigenvalue weighted by Gasteiger charge is -2.34. The first-order chi connectivity index (χ1) is 9.61. The van der Waals surface area contributed by atoms with Crippen LogP contribution >= 0.6 is 11.3 Å². The molecule has 2 rings (SSSR count). The van der Waals surface area contributed by atoms with Gasteiger partial charge in [-0.2, -0.15) is 0 Å². The van der Waals surface area contributed by atoms with Crippen LogP contribution in [0.3, 0.4) is 0 Å². The predicted molar refractivity (Wildman–Crippen MR) is 85.8 cm³/mol. The van der Waals surface area contributed by atoms with Gasteiger partial charge in [-0.05, 0) is 43.8 Å². The van der Waals surface area contributed by atoms with Gasteiger partial charge < -0.3 is 5.73 Å². The summed E-state index contributed by atoms with van der Waals surface area (Å²) < 4.78 is 0. The molecule has 2 N–H and O–H groups in total. The molecule has 0 aliphatic heterocycles. The van der Waals surface area contributed by atoms with E-state index in [4.69, 9.17) is 5.73 Å². The Balaban J connectivity index is 2.23. The van der Waals surface area contributed by atoms with Crippen LogP contribution in [0.25, 0.3) is 0 Å². The molecular weight excluding hydrogens is 266 g/mol. The normalized spacial score (nSPS) is 13.1. The summed E-state index contributed by atoms with van der Waals surface area (Å²) in [6.45, 7) is 7.99. The van der Waals surface area contributed by atoms with Gasteiger partial charge in [-0.15, -0.1) is 11.3 Å². The molecule has 2 aromatic rings. The molecule has 0 radical (unpaired) electrons. The molecule has 0 spiro atoms. The number of pyridine rings is 1. The largest absolute Gasteiger partial charge is 0.329 e. The molecular formula is C16H23N3S. The summed E-state index contributed by atoms with van der Waals surface area (Å²) in [6.07, 6.45) is 1.96. The third-order valence-corrected chi connectivity index (χ3v) is 4.39. The molecule has 0 saturated heterocycles. The van der Waals surface area contributed by atoms with Gasteiger partial charge in [-0.1, -0.05) is 12.1 Å². The molecule has 0 aromatic carbocycles. The molecule has 4 heteroatoms. The van der Waals surface area contributed by atoms with Crippen molar-refractivity contribution < 1.29 is 0 Å². The lowest BCUT2D eigenvalue weighted by molar-refractivity contribution is 0.149. The lowest BCUT2D eigenvalue weighted by atomic mass is 10.1. The number of aromatic nitrogens is 1. The van der Waals surface area contributed by atoms with E-state index in [1.54, 1.807) is 11.3 Å². The van der Waals surface area contributed by atoms with E-state index in [9.17, 15) is 0 Å². The average molecular weight is 289 g/mol. The first-order valence-corrected chi connectivity index (χ1v) is 7.90. The Hall–Kier alpha value is -1.23. The maximum Gasteiger partial charge on any atom is 0.0492 e. The van der Waals surface area contributed by atoms with Gasteiger partial charge in [-0.3, -0.25) is 9.88 Å². The van der Waals surface area contributed by atoms with Gasteiger partial charge in [0.25, 0.3) is 0 Å². The number of hydrogen-bond donors (Lipinski definition) is 1. The highest BCUT2D eigenvalue weighted by Crippen LogP contribution is 2.25. The van der Waals surface area contributed by atoms with Gasteiger partial charge in [0.05, 0.1) is 0 Å². The zero-order valence-corrected chi connectivity index (χ0v) is 13.2. The van der Waals surface area contributed by atoms with E-state index in [-0.39, 0.29) is 6.04 Å². The predicted octanol–water partition coefficient (Wildman–Crippen LogP) is 3.36. The summed E-state index contributed by atoms with van der Waals surface area (Å²) in [5.74, 6) is 0. The summed E-state index contributed by atoms with van der Waals surface area (Å²) in [4.78, 5) is 8.22. The van der Waals surface area contributed by atoms with Crippen LogP contribution in [0.2, 0.25) is 0 Å².